The van der Waals surface area contributed by atoms with Crippen LogP contribution < -0.4 is 5.32 Å². The third-order valence-corrected chi connectivity index (χ3v) is 2.63. The molecule has 0 amide bonds. The molecule has 1 atom stereocenters. The SMILES string of the molecule is CC1(C)CC1CNC/C=C/C(=O)O. The molecular formula is C10H17NO2. The first-order chi connectivity index (χ1) is 6.02. The Morgan fingerprint density at radius 2 is 2.31 bits per heavy atom. The van der Waals surface area contributed by atoms with Gasteiger partial charge in [0.1, 0.15) is 0 Å². The van der Waals surface area contributed by atoms with Crippen LogP contribution in [0.1, 0.15) is 20.3 Å². The molecule has 0 spiro atoms. The Kier molecular flexibility index (Phi) is 3.09. The molecule has 1 aliphatic rings. The zero-order valence-electron chi connectivity index (χ0n) is 8.21. The Morgan fingerprint density at radius 1 is 1.69 bits per heavy atom. The predicted molar refractivity (Wildman–Crippen MR) is 51.5 cm³/mol. The number of carbonyl (C=O) groups is 1. The number of hydrogen-bond donors (Lipinski definition) is 2. The van der Waals surface area contributed by atoms with Crippen LogP contribution in [0.4, 0.5) is 0 Å². The third kappa shape index (κ3) is 3.59. The molecule has 0 aromatic heterocycles. The first kappa shape index (κ1) is 10.3. The van der Waals surface area contributed by atoms with E-state index in [1.54, 1.807) is 6.08 Å². The van der Waals surface area contributed by atoms with Gasteiger partial charge in [-0.25, -0.2) is 4.79 Å². The lowest BCUT2D eigenvalue weighted by Gasteiger charge is -2.02. The van der Waals surface area contributed by atoms with Gasteiger partial charge in [0.15, 0.2) is 0 Å². The van der Waals surface area contributed by atoms with E-state index < -0.39 is 5.97 Å². The minimum Gasteiger partial charge on any atom is -0.478 e. The summed E-state index contributed by atoms with van der Waals surface area (Å²) in [6, 6.07) is 0. The van der Waals surface area contributed by atoms with E-state index in [0.29, 0.717) is 12.0 Å². The van der Waals surface area contributed by atoms with Crippen molar-refractivity contribution in [2.45, 2.75) is 20.3 Å². The minimum absolute atomic E-state index is 0.503. The van der Waals surface area contributed by atoms with Gasteiger partial charge in [0.05, 0.1) is 0 Å². The molecule has 1 fully saturated rings. The Bertz CT molecular complexity index is 221. The number of nitrogens with one attached hydrogen (secondary N) is 1. The molecule has 0 radical (unpaired) electrons. The van der Waals surface area contributed by atoms with Crippen LogP contribution in [0.5, 0.6) is 0 Å². The molecule has 13 heavy (non-hydrogen) atoms. The summed E-state index contributed by atoms with van der Waals surface area (Å²) < 4.78 is 0. The maximum atomic E-state index is 10.1. The average Bonchev–Trinajstić information content (AvgIpc) is 2.58. The normalized spacial score (nSPS) is 24.9. The molecule has 0 aliphatic heterocycles. The number of carboxylic acid groups (broad SMARTS) is 1. The molecule has 0 bridgehead atoms. The van der Waals surface area contributed by atoms with Gasteiger partial charge in [0.2, 0.25) is 0 Å². The van der Waals surface area contributed by atoms with Crippen LogP contribution in [0.3, 0.4) is 0 Å². The van der Waals surface area contributed by atoms with Crippen molar-refractivity contribution in [2.24, 2.45) is 11.3 Å². The zero-order valence-corrected chi connectivity index (χ0v) is 8.21. The lowest BCUT2D eigenvalue weighted by molar-refractivity contribution is -0.131. The summed E-state index contributed by atoms with van der Waals surface area (Å²) in [4.78, 5) is 10.1. The van der Waals surface area contributed by atoms with Crippen LogP contribution >= 0.6 is 0 Å². The van der Waals surface area contributed by atoms with Crippen LogP contribution in [-0.2, 0) is 4.79 Å². The second-order valence-corrected chi connectivity index (χ2v) is 4.29. The van der Waals surface area contributed by atoms with Crippen LogP contribution in [0.15, 0.2) is 12.2 Å². The first-order valence-electron chi connectivity index (χ1n) is 4.62. The van der Waals surface area contributed by atoms with E-state index in [4.69, 9.17) is 5.11 Å². The first-order valence-corrected chi connectivity index (χ1v) is 4.62. The maximum Gasteiger partial charge on any atom is 0.328 e. The van der Waals surface area contributed by atoms with Crippen molar-refractivity contribution in [1.82, 2.24) is 5.32 Å². The number of carboxylic acids is 1. The lowest BCUT2D eigenvalue weighted by atomic mass is 10.1. The summed E-state index contributed by atoms with van der Waals surface area (Å²) in [7, 11) is 0. The highest BCUT2D eigenvalue weighted by Crippen LogP contribution is 2.50. The summed E-state index contributed by atoms with van der Waals surface area (Å²) in [5, 5.41) is 11.5. The highest BCUT2D eigenvalue weighted by molar-refractivity contribution is 5.79. The smallest absolute Gasteiger partial charge is 0.328 e. The van der Waals surface area contributed by atoms with Crippen LogP contribution in [0.2, 0.25) is 0 Å². The Morgan fingerprint density at radius 3 is 2.77 bits per heavy atom. The molecule has 1 saturated carbocycles. The van der Waals surface area contributed by atoms with Crippen LogP contribution in [0, 0.1) is 11.3 Å². The molecule has 0 heterocycles. The Hall–Kier alpha value is -0.830. The second-order valence-electron chi connectivity index (χ2n) is 4.29. The van der Waals surface area contributed by atoms with Crippen LogP contribution in [-0.4, -0.2) is 24.2 Å². The van der Waals surface area contributed by atoms with Gasteiger partial charge in [-0.05, 0) is 24.3 Å². The molecule has 1 rings (SSSR count). The molecule has 3 heteroatoms. The fourth-order valence-electron chi connectivity index (χ4n) is 1.43. The summed E-state index contributed by atoms with van der Waals surface area (Å²) in [6.45, 7) is 6.16. The summed E-state index contributed by atoms with van der Waals surface area (Å²) in [6.07, 6.45) is 4.09. The quantitative estimate of drug-likeness (QED) is 0.498. The maximum absolute atomic E-state index is 10.1. The van der Waals surface area contributed by atoms with Gasteiger partial charge >= 0.3 is 5.97 Å². The molecule has 3 nitrogen and oxygen atoms in total. The van der Waals surface area contributed by atoms with Gasteiger partial charge in [-0.15, -0.1) is 0 Å². The van der Waals surface area contributed by atoms with E-state index >= 15 is 0 Å². The van der Waals surface area contributed by atoms with Gasteiger partial charge in [-0.2, -0.15) is 0 Å². The van der Waals surface area contributed by atoms with E-state index in [2.05, 4.69) is 19.2 Å². The Labute approximate surface area is 78.8 Å². The van der Waals surface area contributed by atoms with E-state index in [-0.39, 0.29) is 0 Å². The monoisotopic (exact) mass is 183 g/mol. The molecule has 0 aromatic carbocycles. The predicted octanol–water partition coefficient (Wildman–Crippen LogP) is 1.26. The summed E-state index contributed by atoms with van der Waals surface area (Å²) >= 11 is 0. The van der Waals surface area contributed by atoms with Gasteiger partial charge in [0, 0.05) is 12.6 Å². The fourth-order valence-corrected chi connectivity index (χ4v) is 1.43. The number of aliphatic carboxylic acids is 1. The van der Waals surface area contributed by atoms with Crippen molar-refractivity contribution in [3.63, 3.8) is 0 Å². The van der Waals surface area contributed by atoms with E-state index in [1.165, 1.54) is 12.5 Å². The van der Waals surface area contributed by atoms with E-state index in [0.717, 1.165) is 12.5 Å². The molecule has 1 aliphatic carbocycles. The third-order valence-electron chi connectivity index (χ3n) is 2.63. The second kappa shape index (κ2) is 3.92. The molecule has 0 saturated heterocycles. The lowest BCUT2D eigenvalue weighted by Crippen LogP contribution is -2.18. The minimum atomic E-state index is -0.881. The highest BCUT2D eigenvalue weighted by Gasteiger charge is 2.44. The molecular weight excluding hydrogens is 166 g/mol. The van der Waals surface area contributed by atoms with Crippen molar-refractivity contribution in [3.8, 4) is 0 Å². The molecule has 74 valence electrons. The summed E-state index contributed by atoms with van der Waals surface area (Å²) in [5.74, 6) is -0.112. The van der Waals surface area contributed by atoms with Crippen LogP contribution in [0.25, 0.3) is 0 Å². The average molecular weight is 183 g/mol. The zero-order chi connectivity index (χ0) is 9.90. The topological polar surface area (TPSA) is 49.3 Å². The van der Waals surface area contributed by atoms with E-state index in [9.17, 15) is 4.79 Å². The highest BCUT2D eigenvalue weighted by atomic mass is 16.4. The summed E-state index contributed by atoms with van der Waals surface area (Å²) in [5.41, 5.74) is 0.503. The number of hydrogen-bond acceptors (Lipinski definition) is 2. The van der Waals surface area contributed by atoms with Gasteiger partial charge in [-0.1, -0.05) is 19.9 Å². The van der Waals surface area contributed by atoms with Crippen molar-refractivity contribution in [3.05, 3.63) is 12.2 Å². The van der Waals surface area contributed by atoms with Crippen molar-refractivity contribution < 1.29 is 9.90 Å². The number of rotatable bonds is 5. The Balaban J connectivity index is 2.00. The van der Waals surface area contributed by atoms with Crippen molar-refractivity contribution in [1.29, 1.82) is 0 Å². The fraction of sp³-hybridized carbons (Fsp3) is 0.700. The standard InChI is InChI=1S/C10H17NO2/c1-10(2)6-8(10)7-11-5-3-4-9(12)13/h3-4,8,11H,5-7H2,1-2H3,(H,12,13)/b4-3+. The van der Waals surface area contributed by atoms with E-state index in [1.807, 2.05) is 0 Å². The molecule has 0 aromatic rings. The van der Waals surface area contributed by atoms with Gasteiger partial charge in [-0.3, -0.25) is 0 Å². The largest absolute Gasteiger partial charge is 0.478 e. The molecule has 2 N–H and O–H groups in total. The van der Waals surface area contributed by atoms with Crippen molar-refractivity contribution in [2.75, 3.05) is 13.1 Å². The van der Waals surface area contributed by atoms with Gasteiger partial charge in [0.25, 0.3) is 0 Å². The van der Waals surface area contributed by atoms with Crippen molar-refractivity contribution >= 4 is 5.97 Å². The van der Waals surface area contributed by atoms with Gasteiger partial charge < -0.3 is 10.4 Å². The molecule has 1 unspecified atom stereocenters.